The number of amides is 1. The van der Waals surface area contributed by atoms with E-state index in [0.717, 1.165) is 11.3 Å². The number of para-hydroxylation sites is 2. The van der Waals surface area contributed by atoms with Gasteiger partial charge in [0.1, 0.15) is 5.75 Å². The number of carbonyl (C=O) groups excluding carboxylic acids is 2. The van der Waals surface area contributed by atoms with Crippen LogP contribution in [0.3, 0.4) is 0 Å². The van der Waals surface area contributed by atoms with Crippen molar-refractivity contribution in [3.05, 3.63) is 59.7 Å². The summed E-state index contributed by atoms with van der Waals surface area (Å²) in [5.41, 5.74) is 2.30. The SMILES string of the molecule is O=C1C(=O)N(CC2COc3ccccc32)c2ccccc21. The van der Waals surface area contributed by atoms with Crippen LogP contribution >= 0.6 is 0 Å². The highest BCUT2D eigenvalue weighted by Crippen LogP contribution is 2.37. The lowest BCUT2D eigenvalue weighted by molar-refractivity contribution is -0.114. The second-order valence-corrected chi connectivity index (χ2v) is 5.31. The van der Waals surface area contributed by atoms with Crippen LogP contribution < -0.4 is 9.64 Å². The molecular weight excluding hydrogens is 266 g/mol. The maximum Gasteiger partial charge on any atom is 0.299 e. The summed E-state index contributed by atoms with van der Waals surface area (Å²) in [6.45, 7) is 1.01. The van der Waals surface area contributed by atoms with Gasteiger partial charge in [-0.25, -0.2) is 0 Å². The van der Waals surface area contributed by atoms with Crippen LogP contribution in [-0.4, -0.2) is 24.8 Å². The summed E-state index contributed by atoms with van der Waals surface area (Å²) >= 11 is 0. The predicted molar refractivity (Wildman–Crippen MR) is 77.8 cm³/mol. The molecule has 1 atom stereocenters. The number of ether oxygens (including phenoxy) is 1. The van der Waals surface area contributed by atoms with Gasteiger partial charge in [0.2, 0.25) is 0 Å². The zero-order valence-corrected chi connectivity index (χ0v) is 11.3. The van der Waals surface area contributed by atoms with Crippen molar-refractivity contribution >= 4 is 17.4 Å². The topological polar surface area (TPSA) is 46.6 Å². The molecule has 0 aromatic heterocycles. The fraction of sp³-hybridized carbons (Fsp3) is 0.176. The Bertz CT molecular complexity index is 753. The van der Waals surface area contributed by atoms with Gasteiger partial charge in [-0.3, -0.25) is 9.59 Å². The average Bonchev–Trinajstić information content (AvgIpc) is 3.04. The van der Waals surface area contributed by atoms with Crippen LogP contribution in [0.25, 0.3) is 0 Å². The number of hydrogen-bond donors (Lipinski definition) is 0. The van der Waals surface area contributed by atoms with Gasteiger partial charge in [-0.2, -0.15) is 0 Å². The number of hydrogen-bond acceptors (Lipinski definition) is 3. The van der Waals surface area contributed by atoms with Gasteiger partial charge >= 0.3 is 0 Å². The van der Waals surface area contributed by atoms with E-state index in [1.54, 1.807) is 17.0 Å². The minimum atomic E-state index is -0.444. The Hall–Kier alpha value is -2.62. The number of rotatable bonds is 2. The number of benzene rings is 2. The molecule has 2 aliphatic heterocycles. The monoisotopic (exact) mass is 279 g/mol. The number of nitrogens with zero attached hydrogens (tertiary/aromatic N) is 1. The highest BCUT2D eigenvalue weighted by Gasteiger charge is 2.38. The van der Waals surface area contributed by atoms with Gasteiger partial charge in [-0.1, -0.05) is 30.3 Å². The average molecular weight is 279 g/mol. The van der Waals surface area contributed by atoms with E-state index in [1.165, 1.54) is 0 Å². The van der Waals surface area contributed by atoms with Crippen molar-refractivity contribution in [3.63, 3.8) is 0 Å². The molecule has 2 heterocycles. The van der Waals surface area contributed by atoms with Crippen molar-refractivity contribution in [2.75, 3.05) is 18.1 Å². The van der Waals surface area contributed by atoms with Gasteiger partial charge in [0.05, 0.1) is 17.9 Å². The molecule has 1 amide bonds. The Kier molecular flexibility index (Phi) is 2.57. The molecule has 4 rings (SSSR count). The second-order valence-electron chi connectivity index (χ2n) is 5.31. The maximum absolute atomic E-state index is 12.2. The van der Waals surface area contributed by atoms with Gasteiger partial charge in [0.25, 0.3) is 11.7 Å². The predicted octanol–water partition coefficient (Wildman–Crippen LogP) is 2.39. The van der Waals surface area contributed by atoms with Gasteiger partial charge in [0.15, 0.2) is 0 Å². The Labute approximate surface area is 121 Å². The molecule has 21 heavy (non-hydrogen) atoms. The number of fused-ring (bicyclic) bond motifs is 2. The molecule has 4 heteroatoms. The van der Waals surface area contributed by atoms with E-state index in [9.17, 15) is 9.59 Å². The molecule has 0 bridgehead atoms. The van der Waals surface area contributed by atoms with Crippen molar-refractivity contribution in [1.29, 1.82) is 0 Å². The molecule has 0 saturated carbocycles. The molecule has 2 aliphatic rings. The van der Waals surface area contributed by atoms with Crippen LogP contribution in [0.15, 0.2) is 48.5 Å². The molecule has 0 radical (unpaired) electrons. The minimum Gasteiger partial charge on any atom is -0.493 e. The van der Waals surface area contributed by atoms with Crippen LogP contribution in [0.4, 0.5) is 5.69 Å². The Balaban J connectivity index is 1.67. The first-order valence-corrected chi connectivity index (χ1v) is 6.92. The van der Waals surface area contributed by atoms with E-state index < -0.39 is 11.7 Å². The number of carbonyl (C=O) groups is 2. The molecule has 2 aromatic rings. The zero-order valence-electron chi connectivity index (χ0n) is 11.3. The van der Waals surface area contributed by atoms with Gasteiger partial charge in [-0.15, -0.1) is 0 Å². The van der Waals surface area contributed by atoms with Crippen LogP contribution in [0.2, 0.25) is 0 Å². The second kappa shape index (κ2) is 4.45. The van der Waals surface area contributed by atoms with E-state index in [4.69, 9.17) is 4.74 Å². The summed E-state index contributed by atoms with van der Waals surface area (Å²) in [4.78, 5) is 25.8. The summed E-state index contributed by atoms with van der Waals surface area (Å²) in [5.74, 6) is 0.108. The highest BCUT2D eigenvalue weighted by atomic mass is 16.5. The van der Waals surface area contributed by atoms with Crippen molar-refractivity contribution in [1.82, 2.24) is 0 Å². The van der Waals surface area contributed by atoms with Gasteiger partial charge in [-0.05, 0) is 18.2 Å². The summed E-state index contributed by atoms with van der Waals surface area (Å²) in [6, 6.07) is 15.0. The summed E-state index contributed by atoms with van der Waals surface area (Å²) in [5, 5.41) is 0. The van der Waals surface area contributed by atoms with Gasteiger partial charge in [0, 0.05) is 18.0 Å². The first-order chi connectivity index (χ1) is 10.3. The molecule has 0 aliphatic carbocycles. The molecular formula is C17H13NO3. The third-order valence-corrected chi connectivity index (χ3v) is 4.08. The number of ketones is 1. The molecule has 2 aromatic carbocycles. The molecule has 1 unspecified atom stereocenters. The standard InChI is InChI=1S/C17H13NO3/c19-16-13-6-1-3-7-14(13)18(17(16)20)9-11-10-21-15-8-4-2-5-12(11)15/h1-8,11H,9-10H2. The van der Waals surface area contributed by atoms with Crippen LogP contribution in [0, 0.1) is 0 Å². The first-order valence-electron chi connectivity index (χ1n) is 6.92. The largest absolute Gasteiger partial charge is 0.493 e. The van der Waals surface area contributed by atoms with Crippen LogP contribution in [0.1, 0.15) is 21.8 Å². The Morgan fingerprint density at radius 2 is 1.81 bits per heavy atom. The third-order valence-electron chi connectivity index (χ3n) is 4.08. The van der Waals surface area contributed by atoms with Crippen molar-refractivity contribution in [2.24, 2.45) is 0 Å². The fourth-order valence-corrected chi connectivity index (χ4v) is 3.03. The van der Waals surface area contributed by atoms with Crippen molar-refractivity contribution in [3.8, 4) is 5.75 Å². The Morgan fingerprint density at radius 3 is 2.71 bits per heavy atom. The lowest BCUT2D eigenvalue weighted by atomic mass is 10.0. The van der Waals surface area contributed by atoms with E-state index in [1.807, 2.05) is 36.4 Å². The quantitative estimate of drug-likeness (QED) is 0.793. The molecule has 0 spiro atoms. The number of anilines is 1. The normalized spacial score (nSPS) is 19.4. The lowest BCUT2D eigenvalue weighted by Crippen LogP contribution is -2.34. The van der Waals surface area contributed by atoms with E-state index in [-0.39, 0.29) is 5.92 Å². The van der Waals surface area contributed by atoms with Crippen LogP contribution in [0.5, 0.6) is 5.75 Å². The van der Waals surface area contributed by atoms with Crippen molar-refractivity contribution < 1.29 is 14.3 Å². The van der Waals surface area contributed by atoms with E-state index in [0.29, 0.717) is 24.4 Å². The zero-order chi connectivity index (χ0) is 14.4. The lowest BCUT2D eigenvalue weighted by Gasteiger charge is -2.20. The fourth-order valence-electron chi connectivity index (χ4n) is 3.03. The van der Waals surface area contributed by atoms with Crippen molar-refractivity contribution in [2.45, 2.75) is 5.92 Å². The third kappa shape index (κ3) is 1.76. The summed E-state index contributed by atoms with van der Waals surface area (Å²) in [7, 11) is 0. The Morgan fingerprint density at radius 1 is 1.05 bits per heavy atom. The summed E-state index contributed by atoms with van der Waals surface area (Å²) < 4.78 is 5.65. The van der Waals surface area contributed by atoms with Crippen LogP contribution in [-0.2, 0) is 4.79 Å². The molecule has 0 fully saturated rings. The van der Waals surface area contributed by atoms with E-state index in [2.05, 4.69) is 0 Å². The molecule has 104 valence electrons. The molecule has 0 saturated heterocycles. The maximum atomic E-state index is 12.2. The highest BCUT2D eigenvalue weighted by molar-refractivity contribution is 6.52. The smallest absolute Gasteiger partial charge is 0.299 e. The molecule has 4 nitrogen and oxygen atoms in total. The summed E-state index contributed by atoms with van der Waals surface area (Å²) in [6.07, 6.45) is 0. The first kappa shape index (κ1) is 12.1. The van der Waals surface area contributed by atoms with Gasteiger partial charge < -0.3 is 9.64 Å². The number of Topliss-reactive ketones (excluding diaryl/α,β-unsaturated/α-hetero) is 1. The minimum absolute atomic E-state index is 0.101. The van der Waals surface area contributed by atoms with E-state index >= 15 is 0 Å². The molecule has 0 N–H and O–H groups in total.